The van der Waals surface area contributed by atoms with E-state index in [1.165, 1.54) is 0 Å². The number of nitrogens with zero attached hydrogens (tertiary/aromatic N) is 2. The molecule has 0 aliphatic carbocycles. The van der Waals surface area contributed by atoms with Crippen LogP contribution >= 0.6 is 0 Å². The highest BCUT2D eigenvalue weighted by molar-refractivity contribution is 6.46. The minimum atomic E-state index is -0.689. The van der Waals surface area contributed by atoms with Gasteiger partial charge in [0.15, 0.2) is 0 Å². The molecule has 4 rings (SSSR count). The molecule has 180 valence electrons. The number of Topliss-reactive ketones (excluding diaryl/α,β-unsaturated/α-hetero) is 1. The van der Waals surface area contributed by atoms with E-state index in [1.807, 2.05) is 69.2 Å². The predicted octanol–water partition coefficient (Wildman–Crippen LogP) is 3.78. The van der Waals surface area contributed by atoms with Gasteiger partial charge >= 0.3 is 0 Å². The molecule has 2 aliphatic heterocycles. The van der Waals surface area contributed by atoms with Crippen molar-refractivity contribution in [3.63, 3.8) is 0 Å². The minimum Gasteiger partial charge on any atom is -0.507 e. The minimum absolute atomic E-state index is 0.0657. The quantitative estimate of drug-likeness (QED) is 0.364. The van der Waals surface area contributed by atoms with Gasteiger partial charge in [-0.25, -0.2) is 0 Å². The van der Waals surface area contributed by atoms with E-state index >= 15 is 0 Å². The van der Waals surface area contributed by atoms with Gasteiger partial charge in [-0.15, -0.1) is 0 Å². The lowest BCUT2D eigenvalue weighted by Gasteiger charge is -2.26. The number of benzene rings is 2. The van der Waals surface area contributed by atoms with Gasteiger partial charge in [0.05, 0.1) is 18.2 Å². The second kappa shape index (κ2) is 9.89. The number of aliphatic hydroxyl groups excluding tert-OH is 1. The van der Waals surface area contributed by atoms with Crippen LogP contribution in [-0.4, -0.2) is 66.5 Å². The molecular formula is C27H32N2O5. The third kappa shape index (κ3) is 4.66. The van der Waals surface area contributed by atoms with Crippen molar-refractivity contribution in [3.05, 3.63) is 64.7 Å². The Labute approximate surface area is 200 Å². The average Bonchev–Trinajstić information content (AvgIpc) is 3.29. The molecule has 1 saturated heterocycles. The number of fused-ring (bicyclic) bond motifs is 1. The van der Waals surface area contributed by atoms with Gasteiger partial charge in [0.25, 0.3) is 11.7 Å². The molecule has 7 heteroatoms. The van der Waals surface area contributed by atoms with Crippen molar-refractivity contribution in [2.75, 3.05) is 33.8 Å². The maximum absolute atomic E-state index is 13.2. The molecule has 0 unspecified atom stereocenters. The highest BCUT2D eigenvalue weighted by Crippen LogP contribution is 2.41. The fourth-order valence-corrected chi connectivity index (χ4v) is 4.68. The highest BCUT2D eigenvalue weighted by Gasteiger charge is 2.46. The summed E-state index contributed by atoms with van der Waals surface area (Å²) < 4.78 is 11.4. The normalized spacial score (nSPS) is 21.1. The third-order valence-corrected chi connectivity index (χ3v) is 6.20. The Balaban J connectivity index is 1.79. The maximum Gasteiger partial charge on any atom is 0.295 e. The number of hydrogen-bond acceptors (Lipinski definition) is 6. The van der Waals surface area contributed by atoms with Crippen molar-refractivity contribution in [1.29, 1.82) is 0 Å². The predicted molar refractivity (Wildman–Crippen MR) is 130 cm³/mol. The molecule has 34 heavy (non-hydrogen) atoms. The fourth-order valence-electron chi connectivity index (χ4n) is 4.68. The Kier molecular flexibility index (Phi) is 6.93. The zero-order chi connectivity index (χ0) is 24.4. The van der Waals surface area contributed by atoms with E-state index in [9.17, 15) is 14.7 Å². The van der Waals surface area contributed by atoms with E-state index in [-0.39, 0.29) is 17.4 Å². The number of ketones is 1. The molecule has 1 N–H and O–H groups in total. The van der Waals surface area contributed by atoms with Gasteiger partial charge in [-0.3, -0.25) is 9.59 Å². The van der Waals surface area contributed by atoms with Gasteiger partial charge < -0.3 is 24.4 Å². The van der Waals surface area contributed by atoms with E-state index in [0.717, 1.165) is 29.8 Å². The second-order valence-corrected chi connectivity index (χ2v) is 9.11. The van der Waals surface area contributed by atoms with Gasteiger partial charge in [0.2, 0.25) is 0 Å². The zero-order valence-electron chi connectivity index (χ0n) is 20.2. The summed E-state index contributed by atoms with van der Waals surface area (Å²) in [6, 6.07) is 12.1. The molecule has 0 bridgehead atoms. The number of ether oxygens (including phenoxy) is 2. The van der Waals surface area contributed by atoms with Crippen LogP contribution in [0.15, 0.2) is 48.0 Å². The summed E-state index contributed by atoms with van der Waals surface area (Å²) in [5.41, 5.74) is 2.32. The van der Waals surface area contributed by atoms with Crippen molar-refractivity contribution in [2.45, 2.75) is 38.8 Å². The first-order valence-electron chi connectivity index (χ1n) is 11.8. The van der Waals surface area contributed by atoms with Gasteiger partial charge in [0, 0.05) is 18.5 Å². The molecule has 2 aromatic rings. The van der Waals surface area contributed by atoms with Crippen molar-refractivity contribution >= 4 is 17.4 Å². The Hall–Kier alpha value is -3.32. The second-order valence-electron chi connectivity index (χ2n) is 9.11. The topological polar surface area (TPSA) is 79.3 Å². The van der Waals surface area contributed by atoms with Crippen LogP contribution in [0.5, 0.6) is 11.5 Å². The van der Waals surface area contributed by atoms with E-state index in [2.05, 4.69) is 0 Å². The SMILES string of the molecule is CCOc1cccc([C@H]2C(=C(O)c3ccc4c(c3)C[C@H](C)O4)C(=O)C(=O)N2CCCN(C)C)c1. The van der Waals surface area contributed by atoms with Crippen LogP contribution in [0.4, 0.5) is 0 Å². The summed E-state index contributed by atoms with van der Waals surface area (Å²) in [6.45, 7) is 5.57. The summed E-state index contributed by atoms with van der Waals surface area (Å²) in [6.07, 6.45) is 1.50. The smallest absolute Gasteiger partial charge is 0.295 e. The molecule has 2 heterocycles. The number of carbonyl (C=O) groups is 2. The molecule has 0 aromatic heterocycles. The first-order chi connectivity index (χ1) is 16.3. The Morgan fingerprint density at radius 1 is 1.21 bits per heavy atom. The number of rotatable bonds is 8. The first kappa shape index (κ1) is 23.8. The third-order valence-electron chi connectivity index (χ3n) is 6.20. The van der Waals surface area contributed by atoms with Gasteiger partial charge in [-0.1, -0.05) is 12.1 Å². The molecule has 2 atom stereocenters. The largest absolute Gasteiger partial charge is 0.507 e. The lowest BCUT2D eigenvalue weighted by molar-refractivity contribution is -0.139. The Bertz CT molecular complexity index is 1120. The van der Waals surface area contributed by atoms with Crippen molar-refractivity contribution in [2.24, 2.45) is 0 Å². The summed E-state index contributed by atoms with van der Waals surface area (Å²) in [5, 5.41) is 11.3. The standard InChI is InChI=1S/C27H32N2O5/c1-5-33-21-9-6-8-18(16-21)24-23(26(31)27(32)29(24)13-7-12-28(3)4)25(30)19-10-11-22-20(15-19)14-17(2)34-22/h6,8-11,15-17,24,30H,5,7,12-14H2,1-4H3/t17-,24-/m0/s1. The zero-order valence-corrected chi connectivity index (χ0v) is 20.2. The monoisotopic (exact) mass is 464 g/mol. The van der Waals surface area contributed by atoms with Crippen molar-refractivity contribution in [3.8, 4) is 11.5 Å². The van der Waals surface area contributed by atoms with Gasteiger partial charge in [-0.2, -0.15) is 0 Å². The number of aliphatic hydroxyl groups is 1. The number of likely N-dealkylation sites (tertiary alicyclic amines) is 1. The van der Waals surface area contributed by atoms with Crippen LogP contribution in [0.3, 0.4) is 0 Å². The summed E-state index contributed by atoms with van der Waals surface area (Å²) in [7, 11) is 3.94. The van der Waals surface area contributed by atoms with E-state index in [0.29, 0.717) is 30.9 Å². The Morgan fingerprint density at radius 2 is 2.00 bits per heavy atom. The number of hydrogen-bond donors (Lipinski definition) is 1. The lowest BCUT2D eigenvalue weighted by atomic mass is 9.94. The Morgan fingerprint density at radius 3 is 2.74 bits per heavy atom. The van der Waals surface area contributed by atoms with E-state index < -0.39 is 17.7 Å². The van der Waals surface area contributed by atoms with Crippen LogP contribution in [0.2, 0.25) is 0 Å². The molecule has 1 amide bonds. The summed E-state index contributed by atoms with van der Waals surface area (Å²) in [4.78, 5) is 30.0. The molecule has 0 spiro atoms. The maximum atomic E-state index is 13.2. The summed E-state index contributed by atoms with van der Waals surface area (Å²) in [5.74, 6) is 0.0174. The van der Waals surface area contributed by atoms with Crippen LogP contribution in [0.25, 0.3) is 5.76 Å². The molecule has 0 saturated carbocycles. The highest BCUT2D eigenvalue weighted by atomic mass is 16.5. The van der Waals surface area contributed by atoms with E-state index in [4.69, 9.17) is 9.47 Å². The molecule has 2 aromatic carbocycles. The molecule has 2 aliphatic rings. The summed E-state index contributed by atoms with van der Waals surface area (Å²) >= 11 is 0. The number of amides is 1. The van der Waals surface area contributed by atoms with Crippen molar-refractivity contribution < 1.29 is 24.2 Å². The lowest BCUT2D eigenvalue weighted by Crippen LogP contribution is -2.32. The van der Waals surface area contributed by atoms with Crippen LogP contribution in [0.1, 0.15) is 43.0 Å². The average molecular weight is 465 g/mol. The van der Waals surface area contributed by atoms with E-state index in [1.54, 1.807) is 11.0 Å². The van der Waals surface area contributed by atoms with Gasteiger partial charge in [-0.05, 0) is 82.4 Å². The van der Waals surface area contributed by atoms with Gasteiger partial charge in [0.1, 0.15) is 23.4 Å². The van der Waals surface area contributed by atoms with Crippen molar-refractivity contribution in [1.82, 2.24) is 9.80 Å². The van der Waals surface area contributed by atoms with Crippen LogP contribution < -0.4 is 9.47 Å². The first-order valence-corrected chi connectivity index (χ1v) is 11.8. The molecular weight excluding hydrogens is 432 g/mol. The number of carbonyl (C=O) groups excluding carboxylic acids is 2. The van der Waals surface area contributed by atoms with Crippen LogP contribution in [-0.2, 0) is 16.0 Å². The molecule has 1 fully saturated rings. The molecule has 0 radical (unpaired) electrons. The fraction of sp³-hybridized carbons (Fsp3) is 0.407. The molecule has 7 nitrogen and oxygen atoms in total. The van der Waals surface area contributed by atoms with Crippen LogP contribution in [0, 0.1) is 0 Å².